The molecule has 0 spiro atoms. The highest BCUT2D eigenvalue weighted by Gasteiger charge is 2.06. The van der Waals surface area contributed by atoms with Crippen LogP contribution in [0.3, 0.4) is 0 Å². The van der Waals surface area contributed by atoms with Gasteiger partial charge in [0, 0.05) is 22.9 Å². The maximum absolute atomic E-state index is 6.03. The molecule has 2 rings (SSSR count). The highest BCUT2D eigenvalue weighted by atomic mass is 79.9. The molecule has 1 unspecified atom stereocenters. The molecule has 0 aliphatic heterocycles. The van der Waals surface area contributed by atoms with E-state index in [-0.39, 0.29) is 12.1 Å². The van der Waals surface area contributed by atoms with Gasteiger partial charge in [0.25, 0.3) is 0 Å². The minimum absolute atomic E-state index is 0.0786. The van der Waals surface area contributed by atoms with E-state index >= 15 is 0 Å². The maximum Gasteiger partial charge on any atom is 0.321 e. The Morgan fingerprint density at radius 2 is 2.05 bits per heavy atom. The second-order valence-corrected chi connectivity index (χ2v) is 5.55. The number of hydrogen-bond acceptors (Lipinski definition) is 4. The first-order valence-electron chi connectivity index (χ1n) is 5.74. The number of nitrogens with two attached hydrogens (primary N) is 1. The monoisotopic (exact) mass is 341 g/mol. The van der Waals surface area contributed by atoms with Gasteiger partial charge in [0.1, 0.15) is 0 Å². The molecule has 0 bridgehead atoms. The summed E-state index contributed by atoms with van der Waals surface area (Å²) in [5, 5.41) is 0.506. The molecule has 100 valence electrons. The van der Waals surface area contributed by atoms with Crippen LogP contribution in [-0.2, 0) is 6.42 Å². The predicted octanol–water partition coefficient (Wildman–Crippen LogP) is 3.57. The number of rotatable bonds is 4. The van der Waals surface area contributed by atoms with Crippen LogP contribution < -0.4 is 10.5 Å². The fourth-order valence-corrected chi connectivity index (χ4v) is 2.02. The molecule has 0 saturated heterocycles. The average Bonchev–Trinajstić information content (AvgIpc) is 2.35. The minimum Gasteiger partial charge on any atom is -0.423 e. The molecule has 0 aliphatic rings. The Morgan fingerprint density at radius 1 is 1.37 bits per heavy atom. The van der Waals surface area contributed by atoms with Crippen molar-refractivity contribution in [3.05, 3.63) is 45.7 Å². The fraction of sp³-hybridized carbons (Fsp3) is 0.231. The average molecular weight is 343 g/mol. The normalized spacial score (nSPS) is 12.2. The van der Waals surface area contributed by atoms with E-state index in [1.54, 1.807) is 24.5 Å². The van der Waals surface area contributed by atoms with E-state index in [4.69, 9.17) is 22.1 Å². The highest BCUT2D eigenvalue weighted by molar-refractivity contribution is 9.10. The third-order valence-corrected chi connectivity index (χ3v) is 3.14. The Kier molecular flexibility index (Phi) is 4.74. The van der Waals surface area contributed by atoms with Crippen LogP contribution in [0, 0.1) is 0 Å². The number of hydrogen-bond donors (Lipinski definition) is 1. The van der Waals surface area contributed by atoms with Crippen molar-refractivity contribution in [1.82, 2.24) is 9.97 Å². The summed E-state index contributed by atoms with van der Waals surface area (Å²) in [7, 11) is 0. The van der Waals surface area contributed by atoms with Gasteiger partial charge in [-0.05, 0) is 37.1 Å². The van der Waals surface area contributed by atoms with Gasteiger partial charge < -0.3 is 10.5 Å². The molecular formula is C13H13BrClN3O. The van der Waals surface area contributed by atoms with E-state index in [0.29, 0.717) is 10.8 Å². The molecule has 1 aromatic carbocycles. The van der Waals surface area contributed by atoms with Gasteiger partial charge in [0.2, 0.25) is 0 Å². The predicted molar refractivity (Wildman–Crippen MR) is 78.6 cm³/mol. The molecule has 19 heavy (non-hydrogen) atoms. The van der Waals surface area contributed by atoms with Gasteiger partial charge in [-0.25, -0.2) is 9.97 Å². The first-order valence-corrected chi connectivity index (χ1v) is 6.91. The summed E-state index contributed by atoms with van der Waals surface area (Å²) in [6.07, 6.45) is 4.15. The molecule has 1 atom stereocenters. The third-order valence-electron chi connectivity index (χ3n) is 2.33. The molecule has 0 radical (unpaired) electrons. The summed E-state index contributed by atoms with van der Waals surface area (Å²) in [6, 6.07) is 5.68. The standard InChI is InChI=1S/C13H13BrClN3O/c1-8(16)4-9-6-17-13(18-7-9)19-12-5-10(14)2-3-11(12)15/h2-3,5-8H,4,16H2,1H3. The van der Waals surface area contributed by atoms with Crippen molar-refractivity contribution in [2.24, 2.45) is 5.73 Å². The Hall–Kier alpha value is -1.17. The zero-order valence-corrected chi connectivity index (χ0v) is 12.6. The van der Waals surface area contributed by atoms with Crippen LogP contribution in [0.4, 0.5) is 0 Å². The van der Waals surface area contributed by atoms with Gasteiger partial charge in [-0.1, -0.05) is 27.5 Å². The van der Waals surface area contributed by atoms with Crippen LogP contribution in [0.25, 0.3) is 0 Å². The maximum atomic E-state index is 6.03. The van der Waals surface area contributed by atoms with Gasteiger partial charge >= 0.3 is 6.01 Å². The summed E-state index contributed by atoms with van der Waals surface area (Å²) in [5.74, 6) is 0.510. The summed E-state index contributed by atoms with van der Waals surface area (Å²) in [6.45, 7) is 1.94. The summed E-state index contributed by atoms with van der Waals surface area (Å²) in [4.78, 5) is 8.27. The third kappa shape index (κ3) is 4.16. The lowest BCUT2D eigenvalue weighted by Gasteiger charge is -2.07. The van der Waals surface area contributed by atoms with Crippen LogP contribution in [0.5, 0.6) is 11.8 Å². The van der Waals surface area contributed by atoms with Crippen molar-refractivity contribution in [3.63, 3.8) is 0 Å². The SMILES string of the molecule is CC(N)Cc1cnc(Oc2cc(Br)ccc2Cl)nc1. The smallest absolute Gasteiger partial charge is 0.321 e. The van der Waals surface area contributed by atoms with Gasteiger partial charge in [-0.3, -0.25) is 0 Å². The lowest BCUT2D eigenvalue weighted by atomic mass is 10.1. The number of halogens is 2. The first-order chi connectivity index (χ1) is 9.04. The number of benzene rings is 1. The zero-order valence-electron chi connectivity index (χ0n) is 10.3. The van der Waals surface area contributed by atoms with Crippen molar-refractivity contribution >= 4 is 27.5 Å². The van der Waals surface area contributed by atoms with Crippen molar-refractivity contribution in [2.45, 2.75) is 19.4 Å². The lowest BCUT2D eigenvalue weighted by Crippen LogP contribution is -2.17. The quantitative estimate of drug-likeness (QED) is 0.922. The molecule has 0 aliphatic carbocycles. The van der Waals surface area contributed by atoms with Crippen molar-refractivity contribution in [1.29, 1.82) is 0 Å². The molecule has 4 nitrogen and oxygen atoms in total. The number of aromatic nitrogens is 2. The van der Waals surface area contributed by atoms with E-state index in [0.717, 1.165) is 16.5 Å². The van der Waals surface area contributed by atoms with Crippen molar-refractivity contribution in [3.8, 4) is 11.8 Å². The number of ether oxygens (including phenoxy) is 1. The van der Waals surface area contributed by atoms with Crippen molar-refractivity contribution in [2.75, 3.05) is 0 Å². The Morgan fingerprint density at radius 3 is 2.68 bits per heavy atom. The summed E-state index contributed by atoms with van der Waals surface area (Å²) in [5.41, 5.74) is 6.69. The molecule has 0 amide bonds. The van der Waals surface area contributed by atoms with Crippen molar-refractivity contribution < 1.29 is 4.74 Å². The van der Waals surface area contributed by atoms with E-state index in [9.17, 15) is 0 Å². The summed E-state index contributed by atoms with van der Waals surface area (Å²) < 4.78 is 6.41. The molecule has 0 fully saturated rings. The molecule has 2 N–H and O–H groups in total. The molecular weight excluding hydrogens is 330 g/mol. The zero-order chi connectivity index (χ0) is 13.8. The van der Waals surface area contributed by atoms with E-state index in [1.807, 2.05) is 13.0 Å². The van der Waals surface area contributed by atoms with E-state index in [2.05, 4.69) is 25.9 Å². The van der Waals surface area contributed by atoms with Crippen LogP contribution in [0.2, 0.25) is 5.02 Å². The lowest BCUT2D eigenvalue weighted by molar-refractivity contribution is 0.440. The highest BCUT2D eigenvalue weighted by Crippen LogP contribution is 2.30. The Balaban J connectivity index is 2.13. The van der Waals surface area contributed by atoms with Crippen LogP contribution in [-0.4, -0.2) is 16.0 Å². The van der Waals surface area contributed by atoms with Crippen LogP contribution in [0.15, 0.2) is 35.1 Å². The second kappa shape index (κ2) is 6.32. The molecule has 6 heteroatoms. The first kappa shape index (κ1) is 14.2. The van der Waals surface area contributed by atoms with E-state index in [1.165, 1.54) is 0 Å². The molecule has 0 saturated carbocycles. The largest absolute Gasteiger partial charge is 0.423 e. The minimum atomic E-state index is 0.0786. The number of nitrogens with zero attached hydrogens (tertiary/aromatic N) is 2. The van der Waals surface area contributed by atoms with Gasteiger partial charge in [-0.2, -0.15) is 0 Å². The van der Waals surface area contributed by atoms with Gasteiger partial charge in [0.05, 0.1) is 5.02 Å². The Labute approximate surface area is 125 Å². The molecule has 2 aromatic rings. The van der Waals surface area contributed by atoms with Crippen LogP contribution >= 0.6 is 27.5 Å². The second-order valence-electron chi connectivity index (χ2n) is 4.23. The summed E-state index contributed by atoms with van der Waals surface area (Å²) >= 11 is 9.38. The molecule has 1 heterocycles. The fourth-order valence-electron chi connectivity index (χ4n) is 1.53. The van der Waals surface area contributed by atoms with Gasteiger partial charge in [-0.15, -0.1) is 0 Å². The van der Waals surface area contributed by atoms with Gasteiger partial charge in [0.15, 0.2) is 5.75 Å². The Bertz CT molecular complexity index is 560. The van der Waals surface area contributed by atoms with E-state index < -0.39 is 0 Å². The van der Waals surface area contributed by atoms with Crippen LogP contribution in [0.1, 0.15) is 12.5 Å². The molecule has 1 aromatic heterocycles. The topological polar surface area (TPSA) is 61.0 Å².